The number of thiazole rings is 2. The fourth-order valence-electron chi connectivity index (χ4n) is 1.98. The van der Waals surface area contributed by atoms with Crippen molar-refractivity contribution in [2.75, 3.05) is 11.3 Å². The van der Waals surface area contributed by atoms with Crippen molar-refractivity contribution in [1.82, 2.24) is 15.3 Å². The first-order valence-corrected chi connectivity index (χ1v) is 8.99. The predicted molar refractivity (Wildman–Crippen MR) is 78.0 cm³/mol. The van der Waals surface area contributed by atoms with E-state index < -0.39 is 10.0 Å². The third-order valence-electron chi connectivity index (χ3n) is 2.85. The maximum atomic E-state index is 12.2. The number of sulfonamides is 1. The van der Waals surface area contributed by atoms with E-state index in [-0.39, 0.29) is 9.08 Å². The Hall–Kier alpha value is -1.23. The summed E-state index contributed by atoms with van der Waals surface area (Å²) in [6.45, 7) is 3.12. The number of aromatic nitrogens is 2. The van der Waals surface area contributed by atoms with Gasteiger partial charge in [0.05, 0.1) is 5.69 Å². The summed E-state index contributed by atoms with van der Waals surface area (Å²) in [5.74, 6) is 0. The summed E-state index contributed by atoms with van der Waals surface area (Å²) in [7, 11) is -3.76. The van der Waals surface area contributed by atoms with Crippen molar-refractivity contribution in [1.29, 1.82) is 0 Å². The average molecular weight is 332 g/mol. The van der Waals surface area contributed by atoms with Gasteiger partial charge in [0.15, 0.2) is 9.34 Å². The zero-order chi connectivity index (χ0) is 14.3. The Morgan fingerprint density at radius 2 is 2.15 bits per heavy atom. The Morgan fingerprint density at radius 3 is 2.80 bits per heavy atom. The van der Waals surface area contributed by atoms with Crippen molar-refractivity contribution >= 4 is 37.8 Å². The van der Waals surface area contributed by atoms with E-state index in [4.69, 9.17) is 0 Å². The van der Waals surface area contributed by atoms with Gasteiger partial charge in [-0.2, -0.15) is 0 Å². The normalized spacial score (nSPS) is 15.1. The van der Waals surface area contributed by atoms with Crippen molar-refractivity contribution in [3.8, 4) is 0 Å². The van der Waals surface area contributed by atoms with Crippen LogP contribution >= 0.6 is 22.7 Å². The van der Waals surface area contributed by atoms with Crippen LogP contribution in [0.2, 0.25) is 0 Å². The number of rotatable bonds is 3. The van der Waals surface area contributed by atoms with Gasteiger partial charge in [0.1, 0.15) is 0 Å². The van der Waals surface area contributed by atoms with Gasteiger partial charge in [-0.25, -0.2) is 13.4 Å². The molecule has 1 aliphatic rings. The van der Waals surface area contributed by atoms with Crippen LogP contribution in [0, 0.1) is 6.92 Å². The number of nitrogens with zero attached hydrogens (tertiary/aromatic N) is 1. The third kappa shape index (κ3) is 2.51. The molecule has 10 heteroatoms. The number of fused-ring (bicyclic) bond motifs is 1. The molecule has 0 aliphatic carbocycles. The van der Waals surface area contributed by atoms with Crippen LogP contribution in [0.25, 0.3) is 0 Å². The first-order chi connectivity index (χ1) is 9.45. The molecular weight excluding hydrogens is 320 g/mol. The van der Waals surface area contributed by atoms with E-state index in [1.165, 1.54) is 11.3 Å². The van der Waals surface area contributed by atoms with E-state index in [0.717, 1.165) is 23.5 Å². The molecule has 0 spiro atoms. The first-order valence-electron chi connectivity index (χ1n) is 5.87. The van der Waals surface area contributed by atoms with Gasteiger partial charge in [-0.15, -0.1) is 0 Å². The summed E-state index contributed by atoms with van der Waals surface area (Å²) >= 11 is 2.00. The third-order valence-corrected chi connectivity index (χ3v) is 6.94. The van der Waals surface area contributed by atoms with Crippen LogP contribution in [0.1, 0.15) is 16.3 Å². The molecular formula is C10H12N4O3S3. The van der Waals surface area contributed by atoms with Gasteiger partial charge in [0.25, 0.3) is 10.0 Å². The van der Waals surface area contributed by atoms with Crippen LogP contribution in [0.3, 0.4) is 0 Å². The van der Waals surface area contributed by atoms with Crippen LogP contribution in [0.5, 0.6) is 0 Å². The minimum atomic E-state index is -3.76. The molecule has 7 nitrogen and oxygen atoms in total. The van der Waals surface area contributed by atoms with Gasteiger partial charge in [0.2, 0.25) is 0 Å². The van der Waals surface area contributed by atoms with Crippen molar-refractivity contribution in [2.45, 2.75) is 24.1 Å². The summed E-state index contributed by atoms with van der Waals surface area (Å²) in [6, 6.07) is 0. The Morgan fingerprint density at radius 1 is 1.35 bits per heavy atom. The van der Waals surface area contributed by atoms with E-state index >= 15 is 0 Å². The molecule has 3 rings (SSSR count). The fraction of sp³-hybridized carbons (Fsp3) is 0.400. The topological polar surface area (TPSA) is 104 Å². The Bertz CT molecular complexity index is 779. The van der Waals surface area contributed by atoms with Gasteiger partial charge in [-0.3, -0.25) is 9.52 Å². The van der Waals surface area contributed by atoms with Crippen LogP contribution in [-0.2, 0) is 23.0 Å². The first kappa shape index (κ1) is 13.7. The molecule has 3 heterocycles. The highest BCUT2D eigenvalue weighted by Crippen LogP contribution is 2.28. The zero-order valence-corrected chi connectivity index (χ0v) is 13.0. The maximum Gasteiger partial charge on any atom is 0.306 e. The lowest BCUT2D eigenvalue weighted by molar-refractivity contribution is 0.602. The highest BCUT2D eigenvalue weighted by Gasteiger charge is 2.23. The van der Waals surface area contributed by atoms with Gasteiger partial charge < -0.3 is 10.3 Å². The number of aryl methyl sites for hydroxylation is 1. The molecule has 20 heavy (non-hydrogen) atoms. The lowest BCUT2D eigenvalue weighted by atomic mass is 10.2. The number of anilines is 1. The van der Waals surface area contributed by atoms with E-state index in [1.807, 2.05) is 0 Å². The summed E-state index contributed by atoms with van der Waals surface area (Å²) < 4.78 is 26.9. The highest BCUT2D eigenvalue weighted by atomic mass is 32.2. The maximum absolute atomic E-state index is 12.2. The molecule has 0 radical (unpaired) electrons. The molecule has 0 fully saturated rings. The largest absolute Gasteiger partial charge is 0.315 e. The molecule has 2 aromatic heterocycles. The lowest BCUT2D eigenvalue weighted by Gasteiger charge is -2.09. The lowest BCUT2D eigenvalue weighted by Crippen LogP contribution is -2.22. The van der Waals surface area contributed by atoms with Crippen molar-refractivity contribution in [2.24, 2.45) is 0 Å². The minimum absolute atomic E-state index is 0.00815. The van der Waals surface area contributed by atoms with E-state index in [2.05, 4.69) is 20.0 Å². The summed E-state index contributed by atoms with van der Waals surface area (Å²) in [6.07, 6.45) is 0.796. The second-order valence-electron chi connectivity index (χ2n) is 4.35. The second kappa shape index (κ2) is 4.95. The average Bonchev–Trinajstić information content (AvgIpc) is 2.91. The van der Waals surface area contributed by atoms with E-state index in [9.17, 15) is 13.2 Å². The van der Waals surface area contributed by atoms with Gasteiger partial charge in [-0.05, 0) is 6.92 Å². The number of nitrogens with one attached hydrogen (secondary N) is 3. The van der Waals surface area contributed by atoms with Crippen LogP contribution in [-0.4, -0.2) is 24.9 Å². The van der Waals surface area contributed by atoms with Crippen molar-refractivity contribution in [3.63, 3.8) is 0 Å². The number of H-pyrrole nitrogens is 1. The van der Waals surface area contributed by atoms with Crippen LogP contribution in [0.15, 0.2) is 9.00 Å². The van der Waals surface area contributed by atoms with Crippen LogP contribution in [0.4, 0.5) is 5.13 Å². The number of aromatic amines is 1. The molecule has 0 amide bonds. The molecule has 0 saturated carbocycles. The molecule has 0 unspecified atom stereocenters. The van der Waals surface area contributed by atoms with Crippen LogP contribution < -0.4 is 14.9 Å². The molecule has 3 N–H and O–H groups in total. The molecule has 0 aromatic carbocycles. The van der Waals surface area contributed by atoms with Gasteiger partial charge in [-0.1, -0.05) is 22.7 Å². The van der Waals surface area contributed by atoms with Gasteiger partial charge in [0, 0.05) is 30.1 Å². The van der Waals surface area contributed by atoms with Gasteiger partial charge >= 0.3 is 4.87 Å². The van der Waals surface area contributed by atoms with E-state index in [1.54, 1.807) is 6.92 Å². The highest BCUT2D eigenvalue weighted by molar-refractivity contribution is 7.94. The summed E-state index contributed by atoms with van der Waals surface area (Å²) in [5.41, 5.74) is 1.28. The summed E-state index contributed by atoms with van der Waals surface area (Å²) in [4.78, 5) is 18.7. The SMILES string of the molecule is Cc1[nH]c(=O)sc1S(=O)(=O)Nc1nc2c(s1)CNCC2. The molecule has 108 valence electrons. The Balaban J connectivity index is 1.92. The van der Waals surface area contributed by atoms with Crippen molar-refractivity contribution < 1.29 is 8.42 Å². The second-order valence-corrected chi connectivity index (χ2v) is 8.29. The Kier molecular flexibility index (Phi) is 3.40. The molecule has 2 aromatic rings. The molecule has 0 bridgehead atoms. The fourth-order valence-corrected chi connectivity index (χ4v) is 5.49. The minimum Gasteiger partial charge on any atom is -0.315 e. The summed E-state index contributed by atoms with van der Waals surface area (Å²) in [5, 5.41) is 3.56. The standard InChI is InChI=1S/C10H12N4O3S3/c1-5-8(19-10(15)12-5)20(16,17)14-9-13-6-2-3-11-4-7(6)18-9/h11H,2-4H2,1H3,(H,12,15)(H,13,14). The van der Waals surface area contributed by atoms with E-state index in [0.29, 0.717) is 28.7 Å². The number of hydrogen-bond acceptors (Lipinski definition) is 7. The molecule has 0 saturated heterocycles. The van der Waals surface area contributed by atoms with Crippen molar-refractivity contribution in [3.05, 3.63) is 25.9 Å². The molecule has 1 aliphatic heterocycles. The Labute approximate surface area is 123 Å². The zero-order valence-electron chi connectivity index (χ0n) is 10.5. The molecule has 0 atom stereocenters. The number of hydrogen-bond donors (Lipinski definition) is 3. The monoisotopic (exact) mass is 332 g/mol. The quantitative estimate of drug-likeness (QED) is 0.765. The smallest absolute Gasteiger partial charge is 0.306 e. The predicted octanol–water partition coefficient (Wildman–Crippen LogP) is 0.648.